The SMILES string of the molecule is O=C(CSc1nnc2c(n1)[nH]c1ccccc12)N(c1ccccc1)c1ccccc1. The molecule has 1 amide bonds. The lowest BCUT2D eigenvalue weighted by molar-refractivity contribution is -0.115. The Labute approximate surface area is 177 Å². The zero-order chi connectivity index (χ0) is 20.3. The molecule has 0 aliphatic rings. The van der Waals surface area contributed by atoms with Gasteiger partial charge in [-0.15, -0.1) is 10.2 Å². The fourth-order valence-electron chi connectivity index (χ4n) is 3.35. The van der Waals surface area contributed by atoms with Gasteiger partial charge in [-0.05, 0) is 30.3 Å². The Kier molecular flexibility index (Phi) is 4.86. The van der Waals surface area contributed by atoms with Crippen molar-refractivity contribution in [3.05, 3.63) is 84.9 Å². The number of nitrogens with zero attached hydrogens (tertiary/aromatic N) is 4. The van der Waals surface area contributed by atoms with Crippen LogP contribution in [0.4, 0.5) is 11.4 Å². The van der Waals surface area contributed by atoms with E-state index in [0.29, 0.717) is 10.8 Å². The predicted octanol–water partition coefficient (Wildman–Crippen LogP) is 4.96. The number of hydrogen-bond donors (Lipinski definition) is 1. The smallest absolute Gasteiger partial charge is 0.242 e. The first kappa shape index (κ1) is 18.3. The molecule has 0 atom stereocenters. The molecule has 0 radical (unpaired) electrons. The number of amides is 1. The van der Waals surface area contributed by atoms with E-state index < -0.39 is 0 Å². The Bertz CT molecular complexity index is 1280. The Balaban J connectivity index is 1.40. The van der Waals surface area contributed by atoms with Crippen molar-refractivity contribution in [3.63, 3.8) is 0 Å². The molecule has 0 aliphatic heterocycles. The van der Waals surface area contributed by atoms with E-state index in [9.17, 15) is 4.79 Å². The van der Waals surface area contributed by atoms with Crippen LogP contribution in [-0.4, -0.2) is 31.8 Å². The van der Waals surface area contributed by atoms with Crippen molar-refractivity contribution < 1.29 is 4.79 Å². The summed E-state index contributed by atoms with van der Waals surface area (Å²) in [5.41, 5.74) is 4.01. The van der Waals surface area contributed by atoms with Gasteiger partial charge in [-0.2, -0.15) is 0 Å². The molecule has 2 heterocycles. The zero-order valence-electron chi connectivity index (χ0n) is 15.9. The molecule has 146 valence electrons. The molecule has 0 unspecified atom stereocenters. The van der Waals surface area contributed by atoms with Crippen LogP contribution in [0.25, 0.3) is 22.1 Å². The number of fused-ring (bicyclic) bond motifs is 3. The van der Waals surface area contributed by atoms with Gasteiger partial charge in [0.2, 0.25) is 11.1 Å². The minimum absolute atomic E-state index is 0.0576. The van der Waals surface area contributed by atoms with Crippen LogP contribution in [0.5, 0.6) is 0 Å². The second-order valence-electron chi connectivity index (χ2n) is 6.65. The third-order valence-corrected chi connectivity index (χ3v) is 5.53. The molecule has 1 N–H and O–H groups in total. The fraction of sp³-hybridized carbons (Fsp3) is 0.0435. The second kappa shape index (κ2) is 7.96. The first-order valence-corrected chi connectivity index (χ1v) is 10.5. The van der Waals surface area contributed by atoms with Crippen molar-refractivity contribution >= 4 is 51.1 Å². The Morgan fingerprint density at radius 2 is 1.47 bits per heavy atom. The number of carbonyl (C=O) groups is 1. The van der Waals surface area contributed by atoms with Crippen LogP contribution in [0.15, 0.2) is 90.1 Å². The molecular formula is C23H17N5OS. The maximum Gasteiger partial charge on any atom is 0.242 e. The maximum atomic E-state index is 13.1. The van der Waals surface area contributed by atoms with Crippen molar-refractivity contribution in [2.45, 2.75) is 5.16 Å². The van der Waals surface area contributed by atoms with E-state index in [4.69, 9.17) is 0 Å². The lowest BCUT2D eigenvalue weighted by Crippen LogP contribution is -2.27. The molecule has 6 nitrogen and oxygen atoms in total. The number of H-pyrrole nitrogens is 1. The number of benzene rings is 3. The monoisotopic (exact) mass is 411 g/mol. The van der Waals surface area contributed by atoms with E-state index in [0.717, 1.165) is 27.8 Å². The maximum absolute atomic E-state index is 13.1. The molecule has 0 spiro atoms. The van der Waals surface area contributed by atoms with Gasteiger partial charge in [-0.3, -0.25) is 9.69 Å². The van der Waals surface area contributed by atoms with Gasteiger partial charge in [0.05, 0.1) is 5.75 Å². The van der Waals surface area contributed by atoms with Crippen LogP contribution in [0, 0.1) is 0 Å². The highest BCUT2D eigenvalue weighted by Gasteiger charge is 2.19. The third kappa shape index (κ3) is 3.51. The van der Waals surface area contributed by atoms with E-state index in [-0.39, 0.29) is 11.7 Å². The quantitative estimate of drug-likeness (QED) is 0.414. The van der Waals surface area contributed by atoms with E-state index in [1.165, 1.54) is 11.8 Å². The van der Waals surface area contributed by atoms with Gasteiger partial charge in [0.15, 0.2) is 5.65 Å². The lowest BCUT2D eigenvalue weighted by Gasteiger charge is -2.22. The minimum Gasteiger partial charge on any atom is -0.338 e. The van der Waals surface area contributed by atoms with Gasteiger partial charge < -0.3 is 4.98 Å². The topological polar surface area (TPSA) is 74.8 Å². The number of rotatable bonds is 5. The number of para-hydroxylation sites is 3. The van der Waals surface area contributed by atoms with E-state index in [2.05, 4.69) is 20.2 Å². The highest BCUT2D eigenvalue weighted by atomic mass is 32.2. The van der Waals surface area contributed by atoms with Gasteiger partial charge >= 0.3 is 0 Å². The van der Waals surface area contributed by atoms with Gasteiger partial charge in [0.1, 0.15) is 5.52 Å². The van der Waals surface area contributed by atoms with Crippen LogP contribution in [-0.2, 0) is 4.79 Å². The van der Waals surface area contributed by atoms with Crippen LogP contribution < -0.4 is 4.90 Å². The molecule has 0 aliphatic carbocycles. The summed E-state index contributed by atoms with van der Waals surface area (Å²) in [7, 11) is 0. The van der Waals surface area contributed by atoms with Crippen molar-refractivity contribution in [1.29, 1.82) is 0 Å². The van der Waals surface area contributed by atoms with Crippen LogP contribution in [0.3, 0.4) is 0 Å². The molecule has 5 rings (SSSR count). The molecular weight excluding hydrogens is 394 g/mol. The zero-order valence-corrected chi connectivity index (χ0v) is 16.7. The average Bonchev–Trinajstić information content (AvgIpc) is 3.17. The van der Waals surface area contributed by atoms with Gasteiger partial charge in [0.25, 0.3) is 0 Å². The van der Waals surface area contributed by atoms with Gasteiger partial charge in [-0.1, -0.05) is 66.4 Å². The number of carbonyl (C=O) groups excluding carboxylic acids is 1. The predicted molar refractivity (Wildman–Crippen MR) is 120 cm³/mol. The summed E-state index contributed by atoms with van der Waals surface area (Å²) < 4.78 is 0. The van der Waals surface area contributed by atoms with Crippen LogP contribution in [0.2, 0.25) is 0 Å². The van der Waals surface area contributed by atoms with Crippen LogP contribution >= 0.6 is 11.8 Å². The summed E-state index contributed by atoms with van der Waals surface area (Å²) in [5, 5.41) is 9.98. The van der Waals surface area contributed by atoms with Crippen molar-refractivity contribution in [2.24, 2.45) is 0 Å². The molecule has 0 bridgehead atoms. The Morgan fingerprint density at radius 1 is 0.833 bits per heavy atom. The van der Waals surface area contributed by atoms with Crippen molar-refractivity contribution in [2.75, 3.05) is 10.7 Å². The molecule has 0 saturated heterocycles. The van der Waals surface area contributed by atoms with Crippen molar-refractivity contribution in [1.82, 2.24) is 20.2 Å². The molecule has 3 aromatic carbocycles. The summed E-state index contributed by atoms with van der Waals surface area (Å²) >= 11 is 1.28. The largest absolute Gasteiger partial charge is 0.338 e. The standard InChI is InChI=1S/C23H17N5OS/c29-20(28(16-9-3-1-4-10-16)17-11-5-2-6-12-17)15-30-23-25-22-21(26-27-23)18-13-7-8-14-19(18)24-22/h1-14H,15H2,(H,24,25,27). The number of aromatic amines is 1. The van der Waals surface area contributed by atoms with Gasteiger partial charge in [0, 0.05) is 22.3 Å². The first-order chi connectivity index (χ1) is 14.8. The number of aromatic nitrogens is 4. The Morgan fingerprint density at radius 3 is 2.17 bits per heavy atom. The number of thioether (sulfide) groups is 1. The molecule has 2 aromatic heterocycles. The van der Waals surface area contributed by atoms with E-state index >= 15 is 0 Å². The number of nitrogens with one attached hydrogen (secondary N) is 1. The summed E-state index contributed by atoms with van der Waals surface area (Å²) in [4.78, 5) is 22.7. The summed E-state index contributed by atoms with van der Waals surface area (Å²) in [6, 6.07) is 27.1. The highest BCUT2D eigenvalue weighted by Crippen LogP contribution is 2.27. The molecule has 30 heavy (non-hydrogen) atoms. The Hall–Kier alpha value is -3.71. The van der Waals surface area contributed by atoms with E-state index in [1.807, 2.05) is 84.9 Å². The van der Waals surface area contributed by atoms with Crippen molar-refractivity contribution in [3.8, 4) is 0 Å². The minimum atomic E-state index is -0.0576. The fourth-order valence-corrected chi connectivity index (χ4v) is 3.99. The van der Waals surface area contributed by atoms with E-state index in [1.54, 1.807) is 4.90 Å². The third-order valence-electron chi connectivity index (χ3n) is 4.71. The highest BCUT2D eigenvalue weighted by molar-refractivity contribution is 7.99. The second-order valence-corrected chi connectivity index (χ2v) is 7.59. The number of anilines is 2. The molecule has 0 saturated carbocycles. The molecule has 0 fully saturated rings. The molecule has 7 heteroatoms. The molecule has 5 aromatic rings. The van der Waals surface area contributed by atoms with Crippen LogP contribution in [0.1, 0.15) is 0 Å². The van der Waals surface area contributed by atoms with Gasteiger partial charge in [-0.25, -0.2) is 4.98 Å². The average molecular weight is 411 g/mol. The first-order valence-electron chi connectivity index (χ1n) is 9.46. The summed E-state index contributed by atoms with van der Waals surface area (Å²) in [6.45, 7) is 0. The summed E-state index contributed by atoms with van der Waals surface area (Å²) in [6.07, 6.45) is 0. The number of hydrogen-bond acceptors (Lipinski definition) is 5. The normalized spacial score (nSPS) is 11.1. The lowest BCUT2D eigenvalue weighted by atomic mass is 10.2. The summed E-state index contributed by atoms with van der Waals surface area (Å²) in [5.74, 6) is 0.134.